The van der Waals surface area contributed by atoms with Crippen LogP contribution in [0.2, 0.25) is 0 Å². The van der Waals surface area contributed by atoms with Gasteiger partial charge in [0.05, 0.1) is 23.2 Å². The Kier molecular flexibility index (Phi) is 8.24. The average Bonchev–Trinajstić information content (AvgIpc) is 2.80. The Morgan fingerprint density at radius 2 is 1.59 bits per heavy atom. The number of sulfonamides is 1. The summed E-state index contributed by atoms with van der Waals surface area (Å²) in [6.07, 6.45) is -3.72. The second kappa shape index (κ2) is 10.9. The summed E-state index contributed by atoms with van der Waals surface area (Å²) in [6, 6.07) is 19.3. The summed E-state index contributed by atoms with van der Waals surface area (Å²) >= 11 is 3.31. The number of carbonyl (C=O) groups excluding carboxylic acids is 1. The molecular formula is C23H19BrF3N3O3S. The lowest BCUT2D eigenvalue weighted by Crippen LogP contribution is -2.39. The fourth-order valence-electron chi connectivity index (χ4n) is 3.00. The van der Waals surface area contributed by atoms with Gasteiger partial charge in [-0.25, -0.2) is 13.8 Å². The quantitative estimate of drug-likeness (QED) is 0.321. The molecule has 0 radical (unpaired) electrons. The van der Waals surface area contributed by atoms with Gasteiger partial charge < -0.3 is 0 Å². The Morgan fingerprint density at radius 1 is 0.971 bits per heavy atom. The molecule has 0 heterocycles. The minimum absolute atomic E-state index is 0.00233. The van der Waals surface area contributed by atoms with E-state index in [-0.39, 0.29) is 17.0 Å². The topological polar surface area (TPSA) is 78.8 Å². The standard InChI is InChI=1S/C23H19BrF3N3O3S/c24-19-12-10-17(11-13-19)15-30(34(32,33)20-7-2-1-3-8-20)16-22(31)29-28-14-18-6-4-5-9-21(18)23(25,26)27/h1-14H,15-16H2,(H,29,31). The van der Waals surface area contributed by atoms with Crippen LogP contribution in [0.1, 0.15) is 16.7 Å². The molecule has 0 aromatic heterocycles. The molecule has 0 saturated heterocycles. The van der Waals surface area contributed by atoms with Crippen molar-refractivity contribution in [3.05, 3.63) is 100 Å². The molecule has 0 fully saturated rings. The largest absolute Gasteiger partial charge is 0.417 e. The normalized spacial score (nSPS) is 12.3. The zero-order valence-corrected chi connectivity index (χ0v) is 19.9. The van der Waals surface area contributed by atoms with E-state index in [1.165, 1.54) is 30.3 Å². The number of hydrazone groups is 1. The monoisotopic (exact) mass is 553 g/mol. The van der Waals surface area contributed by atoms with E-state index in [1.54, 1.807) is 42.5 Å². The lowest BCUT2D eigenvalue weighted by Gasteiger charge is -2.21. The Hall–Kier alpha value is -3.02. The summed E-state index contributed by atoms with van der Waals surface area (Å²) in [4.78, 5) is 12.5. The van der Waals surface area contributed by atoms with Crippen LogP contribution in [0.5, 0.6) is 0 Å². The lowest BCUT2D eigenvalue weighted by atomic mass is 10.1. The maximum Gasteiger partial charge on any atom is 0.417 e. The van der Waals surface area contributed by atoms with E-state index in [0.29, 0.717) is 5.56 Å². The van der Waals surface area contributed by atoms with Gasteiger partial charge in [-0.1, -0.05) is 64.5 Å². The van der Waals surface area contributed by atoms with Gasteiger partial charge in [-0.3, -0.25) is 4.79 Å². The highest BCUT2D eigenvalue weighted by atomic mass is 79.9. The number of halogens is 4. The maximum atomic E-state index is 13.2. The van der Waals surface area contributed by atoms with Crippen molar-refractivity contribution < 1.29 is 26.4 Å². The van der Waals surface area contributed by atoms with E-state index in [2.05, 4.69) is 26.5 Å². The van der Waals surface area contributed by atoms with E-state index in [1.807, 2.05) is 0 Å². The van der Waals surface area contributed by atoms with Crippen LogP contribution in [-0.2, 0) is 27.5 Å². The summed E-state index contributed by atoms with van der Waals surface area (Å²) in [7, 11) is -4.05. The Balaban J connectivity index is 1.79. The van der Waals surface area contributed by atoms with Crippen LogP contribution >= 0.6 is 15.9 Å². The van der Waals surface area contributed by atoms with Crippen LogP contribution < -0.4 is 5.43 Å². The number of rotatable bonds is 8. The summed E-state index contributed by atoms with van der Waals surface area (Å²) in [6.45, 7) is -0.690. The van der Waals surface area contributed by atoms with Gasteiger partial charge in [-0.2, -0.15) is 22.6 Å². The smallest absolute Gasteiger partial charge is 0.272 e. The van der Waals surface area contributed by atoms with Crippen molar-refractivity contribution in [1.29, 1.82) is 0 Å². The number of alkyl halides is 3. The second-order valence-corrected chi connectivity index (χ2v) is 9.94. The summed E-state index contributed by atoms with van der Waals surface area (Å²) in [5.74, 6) is -0.808. The molecule has 11 heteroatoms. The highest BCUT2D eigenvalue weighted by Crippen LogP contribution is 2.31. The molecule has 0 spiro atoms. The SMILES string of the molecule is O=C(CN(Cc1ccc(Br)cc1)S(=O)(=O)c1ccccc1)NN=Cc1ccccc1C(F)(F)F. The second-order valence-electron chi connectivity index (χ2n) is 7.09. The van der Waals surface area contributed by atoms with Crippen LogP contribution in [-0.4, -0.2) is 31.4 Å². The van der Waals surface area contributed by atoms with Gasteiger partial charge in [0.2, 0.25) is 10.0 Å². The molecule has 0 atom stereocenters. The van der Waals surface area contributed by atoms with E-state index in [0.717, 1.165) is 21.1 Å². The van der Waals surface area contributed by atoms with Crippen LogP contribution in [0.25, 0.3) is 0 Å². The van der Waals surface area contributed by atoms with Crippen LogP contribution in [0.15, 0.2) is 93.3 Å². The van der Waals surface area contributed by atoms with Crippen molar-refractivity contribution >= 4 is 38.1 Å². The Bertz CT molecular complexity index is 1270. The highest BCUT2D eigenvalue weighted by Gasteiger charge is 2.32. The minimum atomic E-state index is -4.59. The van der Waals surface area contributed by atoms with Crippen LogP contribution in [0, 0.1) is 0 Å². The minimum Gasteiger partial charge on any atom is -0.272 e. The van der Waals surface area contributed by atoms with Gasteiger partial charge in [0.1, 0.15) is 0 Å². The van der Waals surface area contributed by atoms with Crippen molar-refractivity contribution in [2.45, 2.75) is 17.6 Å². The molecule has 1 amide bonds. The van der Waals surface area contributed by atoms with Gasteiger partial charge in [0.15, 0.2) is 0 Å². The molecule has 0 saturated carbocycles. The fourth-order valence-corrected chi connectivity index (χ4v) is 4.67. The Labute approximate surface area is 203 Å². The van der Waals surface area contributed by atoms with E-state index in [9.17, 15) is 26.4 Å². The average molecular weight is 554 g/mol. The van der Waals surface area contributed by atoms with E-state index >= 15 is 0 Å². The number of amides is 1. The number of hydrogen-bond acceptors (Lipinski definition) is 4. The van der Waals surface area contributed by atoms with Gasteiger partial charge in [-0.05, 0) is 35.9 Å². The van der Waals surface area contributed by atoms with Crippen molar-refractivity contribution in [3.8, 4) is 0 Å². The molecule has 0 aliphatic rings. The fraction of sp³-hybridized carbons (Fsp3) is 0.130. The lowest BCUT2D eigenvalue weighted by molar-refractivity contribution is -0.137. The highest BCUT2D eigenvalue weighted by molar-refractivity contribution is 9.10. The summed E-state index contributed by atoms with van der Waals surface area (Å²) in [5.41, 5.74) is 1.60. The van der Waals surface area contributed by atoms with Gasteiger partial charge in [0.25, 0.3) is 5.91 Å². The van der Waals surface area contributed by atoms with Gasteiger partial charge in [-0.15, -0.1) is 0 Å². The zero-order valence-electron chi connectivity index (χ0n) is 17.5. The number of nitrogens with one attached hydrogen (secondary N) is 1. The third-order valence-corrected chi connectivity index (χ3v) is 6.97. The molecule has 6 nitrogen and oxygen atoms in total. The predicted molar refractivity (Wildman–Crippen MR) is 125 cm³/mol. The molecule has 178 valence electrons. The van der Waals surface area contributed by atoms with Crippen molar-refractivity contribution in [1.82, 2.24) is 9.73 Å². The first-order valence-corrected chi connectivity index (χ1v) is 12.1. The van der Waals surface area contributed by atoms with Crippen LogP contribution in [0.3, 0.4) is 0 Å². The van der Waals surface area contributed by atoms with Crippen molar-refractivity contribution in [2.75, 3.05) is 6.54 Å². The molecule has 3 aromatic rings. The number of hydrogen-bond donors (Lipinski definition) is 1. The molecule has 0 bridgehead atoms. The summed E-state index contributed by atoms with van der Waals surface area (Å²) in [5, 5.41) is 3.59. The number of carbonyl (C=O) groups is 1. The third kappa shape index (κ3) is 6.75. The molecule has 0 aliphatic carbocycles. The van der Waals surface area contributed by atoms with E-state index < -0.39 is 34.2 Å². The first-order valence-electron chi connectivity index (χ1n) is 9.85. The van der Waals surface area contributed by atoms with E-state index in [4.69, 9.17) is 0 Å². The predicted octanol–water partition coefficient (Wildman–Crippen LogP) is 4.81. The molecular weight excluding hydrogens is 535 g/mol. The maximum absolute atomic E-state index is 13.2. The molecule has 1 N–H and O–H groups in total. The molecule has 3 rings (SSSR count). The van der Waals surface area contributed by atoms with Crippen molar-refractivity contribution in [3.63, 3.8) is 0 Å². The first kappa shape index (κ1) is 25.6. The Morgan fingerprint density at radius 3 is 2.24 bits per heavy atom. The molecule has 34 heavy (non-hydrogen) atoms. The van der Waals surface area contributed by atoms with Crippen molar-refractivity contribution in [2.24, 2.45) is 5.10 Å². The number of nitrogens with zero attached hydrogens (tertiary/aromatic N) is 2. The molecule has 0 unspecified atom stereocenters. The molecule has 0 aliphatic heterocycles. The number of benzene rings is 3. The zero-order chi connectivity index (χ0) is 24.8. The van der Waals surface area contributed by atoms with Gasteiger partial charge in [0, 0.05) is 16.6 Å². The van der Waals surface area contributed by atoms with Gasteiger partial charge >= 0.3 is 6.18 Å². The molecule has 3 aromatic carbocycles. The summed E-state index contributed by atoms with van der Waals surface area (Å²) < 4.78 is 67.4. The first-order chi connectivity index (χ1) is 16.1. The third-order valence-electron chi connectivity index (χ3n) is 4.63. The van der Waals surface area contributed by atoms with Crippen LogP contribution in [0.4, 0.5) is 13.2 Å².